The van der Waals surface area contributed by atoms with E-state index in [2.05, 4.69) is 30.3 Å². The highest BCUT2D eigenvalue weighted by atomic mass is 16.7. The van der Waals surface area contributed by atoms with Gasteiger partial charge in [0.1, 0.15) is 0 Å². The van der Waals surface area contributed by atoms with Crippen LogP contribution >= 0.6 is 0 Å². The summed E-state index contributed by atoms with van der Waals surface area (Å²) in [5, 5.41) is 12.7. The Hall–Kier alpha value is -2.76. The van der Waals surface area contributed by atoms with E-state index >= 15 is 0 Å². The van der Waals surface area contributed by atoms with Crippen molar-refractivity contribution in [3.63, 3.8) is 0 Å². The summed E-state index contributed by atoms with van der Waals surface area (Å²) in [4.78, 5) is 2.04. The summed E-state index contributed by atoms with van der Waals surface area (Å²) in [6.45, 7) is 1.46. The Morgan fingerprint density at radius 2 is 1.81 bits per heavy atom. The highest BCUT2D eigenvalue weighted by Gasteiger charge is 2.14. The van der Waals surface area contributed by atoms with E-state index in [9.17, 15) is 5.11 Å². The third kappa shape index (κ3) is 4.15. The fraction of sp³-hybridized carbons (Fsp3) is 0.273. The van der Waals surface area contributed by atoms with Crippen LogP contribution in [0.2, 0.25) is 0 Å². The number of likely N-dealkylation sites (N-methyl/N-ethyl adjacent to an activating group) is 1. The lowest BCUT2D eigenvalue weighted by atomic mass is 10.1. The van der Waals surface area contributed by atoms with Crippen molar-refractivity contribution in [3.05, 3.63) is 66.2 Å². The van der Waals surface area contributed by atoms with Crippen LogP contribution in [0.5, 0.6) is 11.5 Å². The topological polar surface area (TPSA) is 51.2 Å². The number of fused-ring (bicyclic) bond motifs is 2. The highest BCUT2D eigenvalue weighted by Crippen LogP contribution is 2.32. The van der Waals surface area contributed by atoms with Crippen molar-refractivity contribution in [2.75, 3.05) is 31.9 Å². The smallest absolute Gasteiger partial charge is 0.231 e. The van der Waals surface area contributed by atoms with Gasteiger partial charge in [-0.2, -0.15) is 0 Å². The summed E-state index contributed by atoms with van der Waals surface area (Å²) in [6, 6.07) is 20.3. The molecule has 5 nitrogen and oxygen atoms in total. The molecule has 0 fully saturated rings. The van der Waals surface area contributed by atoms with Gasteiger partial charge in [0.05, 0.1) is 19.3 Å². The van der Waals surface area contributed by atoms with Crippen molar-refractivity contribution in [2.45, 2.75) is 12.7 Å². The summed E-state index contributed by atoms with van der Waals surface area (Å²) in [5.74, 6) is 1.50. The van der Waals surface area contributed by atoms with Gasteiger partial charge in [-0.15, -0.1) is 0 Å². The second-order valence-corrected chi connectivity index (χ2v) is 6.77. The van der Waals surface area contributed by atoms with E-state index in [0.717, 1.165) is 22.7 Å². The Morgan fingerprint density at radius 3 is 2.70 bits per heavy atom. The van der Waals surface area contributed by atoms with Gasteiger partial charge in [0, 0.05) is 19.3 Å². The summed E-state index contributed by atoms with van der Waals surface area (Å²) < 4.78 is 16.3. The van der Waals surface area contributed by atoms with Gasteiger partial charge in [0.2, 0.25) is 6.79 Å². The maximum atomic E-state index is 10.3. The molecule has 4 rings (SSSR count). The Balaban J connectivity index is 1.28. The molecule has 0 saturated carbocycles. The zero-order chi connectivity index (χ0) is 18.6. The molecule has 1 unspecified atom stereocenters. The first-order valence-corrected chi connectivity index (χ1v) is 9.03. The Bertz CT molecular complexity index is 927. The molecule has 0 spiro atoms. The maximum Gasteiger partial charge on any atom is 0.231 e. The van der Waals surface area contributed by atoms with Crippen LogP contribution in [-0.2, 0) is 11.3 Å². The van der Waals surface area contributed by atoms with Gasteiger partial charge in [-0.3, -0.25) is 0 Å². The third-order valence-electron chi connectivity index (χ3n) is 4.67. The largest absolute Gasteiger partial charge is 0.454 e. The number of aliphatic hydroxyl groups is 1. The highest BCUT2D eigenvalue weighted by molar-refractivity contribution is 5.85. The lowest BCUT2D eigenvalue weighted by molar-refractivity contribution is 0.0324. The lowest BCUT2D eigenvalue weighted by Gasteiger charge is -2.23. The molecule has 140 valence electrons. The second-order valence-electron chi connectivity index (χ2n) is 6.77. The number of hydrogen-bond donors (Lipinski definition) is 1. The lowest BCUT2D eigenvalue weighted by Crippen LogP contribution is -2.32. The number of ether oxygens (including phenoxy) is 3. The Labute approximate surface area is 158 Å². The molecule has 0 aliphatic carbocycles. The van der Waals surface area contributed by atoms with E-state index in [-0.39, 0.29) is 13.4 Å². The van der Waals surface area contributed by atoms with E-state index in [4.69, 9.17) is 14.2 Å². The minimum absolute atomic E-state index is 0.263. The SMILES string of the molecule is CN(CC(O)COCc1ccc2c(c1)OCO2)c1ccc2ccccc2c1. The Morgan fingerprint density at radius 1 is 1.00 bits per heavy atom. The van der Waals surface area contributed by atoms with Gasteiger partial charge in [-0.05, 0) is 40.6 Å². The zero-order valence-corrected chi connectivity index (χ0v) is 15.3. The van der Waals surface area contributed by atoms with Gasteiger partial charge >= 0.3 is 0 Å². The standard InChI is InChI=1S/C22H23NO4/c1-23(19-8-7-17-4-2-3-5-18(17)11-19)12-20(24)14-25-13-16-6-9-21-22(10-16)27-15-26-21/h2-11,20,24H,12-15H2,1H3. The average Bonchev–Trinajstić information content (AvgIpc) is 3.15. The molecule has 1 heterocycles. The summed E-state index contributed by atoms with van der Waals surface area (Å²) in [5.41, 5.74) is 2.07. The predicted molar refractivity (Wildman–Crippen MR) is 105 cm³/mol. The number of aliphatic hydroxyl groups excluding tert-OH is 1. The molecule has 27 heavy (non-hydrogen) atoms. The van der Waals surface area contributed by atoms with E-state index < -0.39 is 6.10 Å². The fourth-order valence-electron chi connectivity index (χ4n) is 3.23. The number of anilines is 1. The normalized spacial score (nSPS) is 13.7. The molecule has 0 saturated heterocycles. The molecule has 5 heteroatoms. The number of hydrogen-bond acceptors (Lipinski definition) is 5. The first-order valence-electron chi connectivity index (χ1n) is 9.03. The molecule has 3 aromatic rings. The average molecular weight is 365 g/mol. The van der Waals surface area contributed by atoms with Crippen LogP contribution in [0.1, 0.15) is 5.56 Å². The summed E-state index contributed by atoms with van der Waals surface area (Å²) in [6.07, 6.45) is -0.574. The van der Waals surface area contributed by atoms with E-state index in [1.165, 1.54) is 10.8 Å². The fourth-order valence-corrected chi connectivity index (χ4v) is 3.23. The Kier molecular flexibility index (Phi) is 5.14. The third-order valence-corrected chi connectivity index (χ3v) is 4.67. The molecule has 1 aliphatic heterocycles. The molecule has 1 atom stereocenters. The first-order chi connectivity index (χ1) is 13.2. The zero-order valence-electron chi connectivity index (χ0n) is 15.3. The van der Waals surface area contributed by atoms with Crippen molar-refractivity contribution in [1.29, 1.82) is 0 Å². The van der Waals surface area contributed by atoms with Crippen molar-refractivity contribution in [2.24, 2.45) is 0 Å². The van der Waals surface area contributed by atoms with Crippen molar-refractivity contribution >= 4 is 16.5 Å². The van der Waals surface area contributed by atoms with Crippen molar-refractivity contribution in [3.8, 4) is 11.5 Å². The van der Waals surface area contributed by atoms with Crippen molar-refractivity contribution in [1.82, 2.24) is 0 Å². The van der Waals surface area contributed by atoms with E-state index in [1.807, 2.05) is 42.3 Å². The minimum atomic E-state index is -0.574. The molecule has 1 aliphatic rings. The maximum absolute atomic E-state index is 10.3. The predicted octanol–water partition coefficient (Wildman–Crippen LogP) is 3.58. The van der Waals surface area contributed by atoms with E-state index in [0.29, 0.717) is 13.2 Å². The number of nitrogens with zero attached hydrogens (tertiary/aromatic N) is 1. The monoisotopic (exact) mass is 365 g/mol. The molecule has 0 radical (unpaired) electrons. The molecule has 0 aromatic heterocycles. The van der Waals surface area contributed by atoms with Crippen molar-refractivity contribution < 1.29 is 19.3 Å². The number of benzene rings is 3. The molecule has 1 N–H and O–H groups in total. The van der Waals surface area contributed by atoms with Crippen LogP contribution in [0, 0.1) is 0 Å². The summed E-state index contributed by atoms with van der Waals surface area (Å²) >= 11 is 0. The van der Waals surface area contributed by atoms with E-state index in [1.54, 1.807) is 0 Å². The quantitative estimate of drug-likeness (QED) is 0.694. The van der Waals surface area contributed by atoms with Crippen LogP contribution in [0.3, 0.4) is 0 Å². The molecular formula is C22H23NO4. The minimum Gasteiger partial charge on any atom is -0.454 e. The molecule has 0 bridgehead atoms. The van der Waals surface area contributed by atoms with Gasteiger partial charge in [0.25, 0.3) is 0 Å². The van der Waals surface area contributed by atoms with Crippen LogP contribution in [0.15, 0.2) is 60.7 Å². The summed E-state index contributed by atoms with van der Waals surface area (Å²) in [7, 11) is 1.98. The molecule has 0 amide bonds. The van der Waals surface area contributed by atoms with Gasteiger partial charge in [-0.1, -0.05) is 36.4 Å². The van der Waals surface area contributed by atoms with Gasteiger partial charge in [0.15, 0.2) is 11.5 Å². The van der Waals surface area contributed by atoms with Crippen LogP contribution in [0.4, 0.5) is 5.69 Å². The van der Waals surface area contributed by atoms with Gasteiger partial charge < -0.3 is 24.2 Å². The first kappa shape index (κ1) is 17.6. The van der Waals surface area contributed by atoms with Crippen LogP contribution < -0.4 is 14.4 Å². The van der Waals surface area contributed by atoms with Crippen LogP contribution in [0.25, 0.3) is 10.8 Å². The number of rotatable bonds is 7. The second kappa shape index (κ2) is 7.86. The molecular weight excluding hydrogens is 342 g/mol. The molecule has 3 aromatic carbocycles. The van der Waals surface area contributed by atoms with Gasteiger partial charge in [-0.25, -0.2) is 0 Å². The van der Waals surface area contributed by atoms with Crippen LogP contribution in [-0.4, -0.2) is 38.2 Å².